The predicted octanol–water partition coefficient (Wildman–Crippen LogP) is 3.54. The van der Waals surface area contributed by atoms with Crippen LogP contribution in [-0.2, 0) is 4.79 Å². The number of hydrogen-bond donors (Lipinski definition) is 2. The molecule has 0 saturated heterocycles. The lowest BCUT2D eigenvalue weighted by molar-refractivity contribution is -0.115. The number of anilines is 1. The Kier molecular flexibility index (Phi) is 5.32. The summed E-state index contributed by atoms with van der Waals surface area (Å²) in [6.07, 6.45) is 9.91. The molecule has 1 aliphatic rings. The van der Waals surface area contributed by atoms with Crippen LogP contribution in [0.3, 0.4) is 0 Å². The van der Waals surface area contributed by atoms with Gasteiger partial charge in [-0.2, -0.15) is 5.10 Å². The first kappa shape index (κ1) is 14.8. The van der Waals surface area contributed by atoms with Gasteiger partial charge in [0.05, 0.1) is 12.5 Å². The Balaban J connectivity index is 1.85. The standard InChI is InChI=1S/C15H24N4O/c1-2-6-12(16)11-15(20)17-14-9-10-19(18-14)13-7-4-3-5-8-13/h9-10,13,16H,2-8,11H2,1H3,(H,17,18,20). The average Bonchev–Trinajstić information content (AvgIpc) is 2.88. The van der Waals surface area contributed by atoms with Crippen molar-refractivity contribution in [1.82, 2.24) is 9.78 Å². The molecule has 0 atom stereocenters. The summed E-state index contributed by atoms with van der Waals surface area (Å²) < 4.78 is 1.98. The van der Waals surface area contributed by atoms with Crippen molar-refractivity contribution in [2.24, 2.45) is 0 Å². The second-order valence-electron chi connectivity index (χ2n) is 5.55. The van der Waals surface area contributed by atoms with Gasteiger partial charge in [-0.3, -0.25) is 9.48 Å². The molecular weight excluding hydrogens is 252 g/mol. The molecule has 1 aliphatic carbocycles. The molecule has 0 aromatic carbocycles. The van der Waals surface area contributed by atoms with Gasteiger partial charge in [0.25, 0.3) is 0 Å². The maximum absolute atomic E-state index is 11.8. The Bertz CT molecular complexity index is 460. The van der Waals surface area contributed by atoms with Crippen LogP contribution in [0.15, 0.2) is 12.3 Å². The van der Waals surface area contributed by atoms with Gasteiger partial charge in [0.2, 0.25) is 5.91 Å². The van der Waals surface area contributed by atoms with E-state index in [4.69, 9.17) is 5.41 Å². The van der Waals surface area contributed by atoms with Crippen LogP contribution in [0.25, 0.3) is 0 Å². The molecule has 1 aromatic rings. The normalized spacial score (nSPS) is 16.1. The Morgan fingerprint density at radius 1 is 1.45 bits per heavy atom. The van der Waals surface area contributed by atoms with Crippen molar-refractivity contribution >= 4 is 17.4 Å². The molecule has 2 rings (SSSR count). The topological polar surface area (TPSA) is 70.8 Å². The number of aromatic nitrogens is 2. The summed E-state index contributed by atoms with van der Waals surface area (Å²) in [5.41, 5.74) is 0.483. The minimum atomic E-state index is -0.141. The number of rotatable bonds is 6. The van der Waals surface area contributed by atoms with Gasteiger partial charge in [0, 0.05) is 18.0 Å². The quantitative estimate of drug-likeness (QED) is 0.780. The molecule has 1 aromatic heterocycles. The summed E-state index contributed by atoms with van der Waals surface area (Å²) in [4.78, 5) is 11.8. The summed E-state index contributed by atoms with van der Waals surface area (Å²) in [6.45, 7) is 2.01. The van der Waals surface area contributed by atoms with E-state index in [1.165, 1.54) is 32.1 Å². The summed E-state index contributed by atoms with van der Waals surface area (Å²) in [5.74, 6) is 0.460. The molecule has 1 saturated carbocycles. The van der Waals surface area contributed by atoms with Crippen molar-refractivity contribution in [3.05, 3.63) is 12.3 Å². The third-order valence-electron chi connectivity index (χ3n) is 3.75. The van der Waals surface area contributed by atoms with Gasteiger partial charge in [0.1, 0.15) is 0 Å². The fourth-order valence-corrected chi connectivity index (χ4v) is 2.72. The van der Waals surface area contributed by atoms with Crippen LogP contribution < -0.4 is 5.32 Å². The molecule has 0 spiro atoms. The summed E-state index contributed by atoms with van der Waals surface area (Å²) in [5, 5.41) is 14.9. The van der Waals surface area contributed by atoms with Crippen molar-refractivity contribution in [1.29, 1.82) is 5.41 Å². The zero-order valence-electron chi connectivity index (χ0n) is 12.2. The lowest BCUT2D eigenvalue weighted by Gasteiger charge is -2.21. The largest absolute Gasteiger partial charge is 0.309 e. The number of carbonyl (C=O) groups is 1. The lowest BCUT2D eigenvalue weighted by atomic mass is 9.96. The van der Waals surface area contributed by atoms with Gasteiger partial charge in [-0.15, -0.1) is 0 Å². The van der Waals surface area contributed by atoms with Crippen LogP contribution in [-0.4, -0.2) is 21.4 Å². The van der Waals surface area contributed by atoms with Crippen LogP contribution in [0.1, 0.15) is 64.3 Å². The first-order chi connectivity index (χ1) is 9.69. The molecule has 0 unspecified atom stereocenters. The van der Waals surface area contributed by atoms with Crippen molar-refractivity contribution in [2.75, 3.05) is 5.32 Å². The molecule has 0 bridgehead atoms. The van der Waals surface area contributed by atoms with Crippen molar-refractivity contribution < 1.29 is 4.79 Å². The number of carbonyl (C=O) groups excluding carboxylic acids is 1. The van der Waals surface area contributed by atoms with Crippen LogP contribution >= 0.6 is 0 Å². The monoisotopic (exact) mass is 276 g/mol. The van der Waals surface area contributed by atoms with Crippen molar-refractivity contribution in [2.45, 2.75) is 64.3 Å². The van der Waals surface area contributed by atoms with E-state index in [9.17, 15) is 4.79 Å². The highest BCUT2D eigenvalue weighted by Crippen LogP contribution is 2.27. The number of nitrogens with one attached hydrogen (secondary N) is 2. The molecule has 1 fully saturated rings. The smallest absolute Gasteiger partial charge is 0.231 e. The molecule has 2 N–H and O–H groups in total. The molecule has 5 heteroatoms. The van der Waals surface area contributed by atoms with Gasteiger partial charge in [-0.25, -0.2) is 0 Å². The predicted molar refractivity (Wildman–Crippen MR) is 80.2 cm³/mol. The highest BCUT2D eigenvalue weighted by molar-refractivity contribution is 6.04. The Labute approximate surface area is 120 Å². The van der Waals surface area contributed by atoms with E-state index < -0.39 is 0 Å². The highest BCUT2D eigenvalue weighted by atomic mass is 16.1. The SMILES string of the molecule is CCCC(=N)CC(=O)Nc1ccn(C2CCCCC2)n1. The van der Waals surface area contributed by atoms with Gasteiger partial charge in [0.15, 0.2) is 5.82 Å². The minimum absolute atomic E-state index is 0.141. The van der Waals surface area contributed by atoms with Crippen LogP contribution in [0.4, 0.5) is 5.82 Å². The molecule has 0 aliphatic heterocycles. The molecule has 5 nitrogen and oxygen atoms in total. The Morgan fingerprint density at radius 2 is 2.20 bits per heavy atom. The molecule has 20 heavy (non-hydrogen) atoms. The fraction of sp³-hybridized carbons (Fsp3) is 0.667. The van der Waals surface area contributed by atoms with Crippen LogP contribution in [0, 0.1) is 5.41 Å². The maximum atomic E-state index is 11.8. The van der Waals surface area contributed by atoms with Gasteiger partial charge < -0.3 is 10.7 Å². The third-order valence-corrected chi connectivity index (χ3v) is 3.75. The number of hydrogen-bond acceptors (Lipinski definition) is 3. The Morgan fingerprint density at radius 3 is 2.90 bits per heavy atom. The van der Waals surface area contributed by atoms with E-state index in [0.717, 1.165) is 6.42 Å². The van der Waals surface area contributed by atoms with E-state index in [-0.39, 0.29) is 12.3 Å². The maximum Gasteiger partial charge on any atom is 0.231 e. The van der Waals surface area contributed by atoms with E-state index >= 15 is 0 Å². The summed E-state index contributed by atoms with van der Waals surface area (Å²) in [6, 6.07) is 2.32. The molecule has 1 heterocycles. The van der Waals surface area contributed by atoms with E-state index in [0.29, 0.717) is 24.0 Å². The minimum Gasteiger partial charge on any atom is -0.309 e. The molecule has 110 valence electrons. The van der Waals surface area contributed by atoms with E-state index in [2.05, 4.69) is 10.4 Å². The van der Waals surface area contributed by atoms with Gasteiger partial charge >= 0.3 is 0 Å². The average molecular weight is 276 g/mol. The zero-order chi connectivity index (χ0) is 14.4. The van der Waals surface area contributed by atoms with Crippen molar-refractivity contribution in [3.63, 3.8) is 0 Å². The summed E-state index contributed by atoms with van der Waals surface area (Å²) >= 11 is 0. The van der Waals surface area contributed by atoms with E-state index in [1.807, 2.05) is 23.9 Å². The van der Waals surface area contributed by atoms with Gasteiger partial charge in [-0.05, 0) is 19.3 Å². The molecular formula is C15H24N4O. The number of amides is 1. The zero-order valence-corrected chi connectivity index (χ0v) is 12.2. The second kappa shape index (κ2) is 7.22. The first-order valence-corrected chi connectivity index (χ1v) is 7.60. The number of nitrogens with zero attached hydrogens (tertiary/aromatic N) is 2. The van der Waals surface area contributed by atoms with Crippen LogP contribution in [0.2, 0.25) is 0 Å². The fourth-order valence-electron chi connectivity index (χ4n) is 2.72. The highest BCUT2D eigenvalue weighted by Gasteiger charge is 2.16. The lowest BCUT2D eigenvalue weighted by Crippen LogP contribution is -2.17. The molecule has 0 radical (unpaired) electrons. The Hall–Kier alpha value is -1.65. The van der Waals surface area contributed by atoms with Crippen molar-refractivity contribution in [3.8, 4) is 0 Å². The van der Waals surface area contributed by atoms with Gasteiger partial charge in [-0.1, -0.05) is 32.6 Å². The molecule has 1 amide bonds. The third kappa shape index (κ3) is 4.18. The second-order valence-corrected chi connectivity index (χ2v) is 5.55. The summed E-state index contributed by atoms with van der Waals surface area (Å²) in [7, 11) is 0. The first-order valence-electron chi connectivity index (χ1n) is 7.60. The van der Waals surface area contributed by atoms with Crippen LogP contribution in [0.5, 0.6) is 0 Å². The van der Waals surface area contributed by atoms with E-state index in [1.54, 1.807) is 0 Å².